The monoisotopic (exact) mass is 205 g/mol. The number of anilines is 2. The number of nitrogens with two attached hydrogens (primary N) is 1. The summed E-state index contributed by atoms with van der Waals surface area (Å²) in [6.07, 6.45) is 4.62. The normalized spacial score (nSPS) is 15.3. The van der Waals surface area contributed by atoms with Crippen LogP contribution in [0.3, 0.4) is 0 Å². The number of aryl methyl sites for hydroxylation is 1. The first kappa shape index (κ1) is 10.3. The summed E-state index contributed by atoms with van der Waals surface area (Å²) in [5.41, 5.74) is 7.92. The quantitative estimate of drug-likeness (QED) is 0.819. The molecular formula is C12H19N3. The van der Waals surface area contributed by atoms with E-state index in [0.29, 0.717) is 0 Å². The number of aromatic nitrogens is 1. The zero-order valence-electron chi connectivity index (χ0n) is 9.53. The molecule has 15 heavy (non-hydrogen) atoms. The fraction of sp³-hybridized carbons (Fsp3) is 0.583. The molecule has 0 bridgehead atoms. The highest BCUT2D eigenvalue weighted by Gasteiger charge is 2.24. The van der Waals surface area contributed by atoms with Gasteiger partial charge in [-0.2, -0.15) is 0 Å². The molecule has 3 heteroatoms. The standard InChI is InChI=1S/C12H19N3/c1-3-15(8-10-4-5-10)12-11(13)6-9(2)7-14-12/h6-7,10H,3-5,8,13H2,1-2H3. The largest absolute Gasteiger partial charge is 0.396 e. The van der Waals surface area contributed by atoms with Crippen molar-refractivity contribution >= 4 is 11.5 Å². The lowest BCUT2D eigenvalue weighted by molar-refractivity contribution is 0.733. The van der Waals surface area contributed by atoms with Crippen molar-refractivity contribution in [3.8, 4) is 0 Å². The second-order valence-electron chi connectivity index (χ2n) is 4.41. The average Bonchev–Trinajstić information content (AvgIpc) is 2.99. The van der Waals surface area contributed by atoms with Gasteiger partial charge in [-0.15, -0.1) is 0 Å². The molecule has 1 aromatic heterocycles. The molecule has 0 unspecified atom stereocenters. The third kappa shape index (κ3) is 2.41. The molecule has 3 nitrogen and oxygen atoms in total. The number of nitrogens with zero attached hydrogens (tertiary/aromatic N) is 2. The first-order valence-electron chi connectivity index (χ1n) is 5.67. The fourth-order valence-electron chi connectivity index (χ4n) is 1.83. The molecule has 0 aromatic carbocycles. The van der Waals surface area contributed by atoms with E-state index in [2.05, 4.69) is 16.8 Å². The van der Waals surface area contributed by atoms with Crippen molar-refractivity contribution in [2.45, 2.75) is 26.7 Å². The molecule has 0 amide bonds. The molecular weight excluding hydrogens is 186 g/mol. The molecule has 2 N–H and O–H groups in total. The molecule has 1 saturated carbocycles. The van der Waals surface area contributed by atoms with Crippen LogP contribution >= 0.6 is 0 Å². The zero-order valence-corrected chi connectivity index (χ0v) is 9.53. The lowest BCUT2D eigenvalue weighted by atomic mass is 10.2. The van der Waals surface area contributed by atoms with Crippen LogP contribution in [0.5, 0.6) is 0 Å². The van der Waals surface area contributed by atoms with E-state index in [9.17, 15) is 0 Å². The SMILES string of the molecule is CCN(CC1CC1)c1ncc(C)cc1N. The van der Waals surface area contributed by atoms with Gasteiger partial charge in [0.05, 0.1) is 5.69 Å². The van der Waals surface area contributed by atoms with Crippen LogP contribution in [-0.4, -0.2) is 18.1 Å². The Morgan fingerprint density at radius 1 is 1.53 bits per heavy atom. The van der Waals surface area contributed by atoms with Gasteiger partial charge >= 0.3 is 0 Å². The third-order valence-electron chi connectivity index (χ3n) is 2.89. The zero-order chi connectivity index (χ0) is 10.8. The molecule has 2 rings (SSSR count). The number of hydrogen-bond acceptors (Lipinski definition) is 3. The maximum atomic E-state index is 5.99. The second-order valence-corrected chi connectivity index (χ2v) is 4.41. The van der Waals surface area contributed by atoms with Crippen LogP contribution < -0.4 is 10.6 Å². The molecule has 1 fully saturated rings. The van der Waals surface area contributed by atoms with Crippen LogP contribution in [0.2, 0.25) is 0 Å². The minimum atomic E-state index is 0.803. The van der Waals surface area contributed by atoms with Gasteiger partial charge in [0.2, 0.25) is 0 Å². The number of rotatable bonds is 4. The fourth-order valence-corrected chi connectivity index (χ4v) is 1.83. The van der Waals surface area contributed by atoms with E-state index in [1.165, 1.54) is 12.8 Å². The molecule has 0 aliphatic heterocycles. The first-order valence-corrected chi connectivity index (χ1v) is 5.67. The summed E-state index contributed by atoms with van der Waals surface area (Å²) in [5, 5.41) is 0. The van der Waals surface area contributed by atoms with Crippen molar-refractivity contribution < 1.29 is 0 Å². The van der Waals surface area contributed by atoms with Crippen molar-refractivity contribution in [1.29, 1.82) is 0 Å². The molecule has 1 aliphatic carbocycles. The second kappa shape index (κ2) is 4.09. The van der Waals surface area contributed by atoms with Crippen molar-refractivity contribution in [3.63, 3.8) is 0 Å². The summed E-state index contributed by atoms with van der Waals surface area (Å²) in [5.74, 6) is 1.82. The van der Waals surface area contributed by atoms with Crippen LogP contribution in [-0.2, 0) is 0 Å². The van der Waals surface area contributed by atoms with Gasteiger partial charge in [0.15, 0.2) is 5.82 Å². The maximum absolute atomic E-state index is 5.99. The Balaban J connectivity index is 2.16. The van der Waals surface area contributed by atoms with Gasteiger partial charge in [0, 0.05) is 19.3 Å². The molecule has 1 aromatic rings. The van der Waals surface area contributed by atoms with Crippen LogP contribution in [0.4, 0.5) is 11.5 Å². The van der Waals surface area contributed by atoms with E-state index in [1.807, 2.05) is 19.2 Å². The van der Waals surface area contributed by atoms with Crippen LogP contribution in [0.15, 0.2) is 12.3 Å². The van der Waals surface area contributed by atoms with Crippen LogP contribution in [0, 0.1) is 12.8 Å². The summed E-state index contributed by atoms with van der Waals surface area (Å²) < 4.78 is 0. The van der Waals surface area contributed by atoms with Crippen LogP contribution in [0.25, 0.3) is 0 Å². The van der Waals surface area contributed by atoms with Gasteiger partial charge in [0.1, 0.15) is 0 Å². The molecule has 82 valence electrons. The lowest BCUT2D eigenvalue weighted by Gasteiger charge is -2.23. The maximum Gasteiger partial charge on any atom is 0.151 e. The average molecular weight is 205 g/mol. The Bertz CT molecular complexity index is 345. The molecule has 0 spiro atoms. The van der Waals surface area contributed by atoms with E-state index in [4.69, 9.17) is 5.73 Å². The number of hydrogen-bond donors (Lipinski definition) is 1. The Morgan fingerprint density at radius 2 is 2.27 bits per heavy atom. The van der Waals surface area contributed by atoms with Gasteiger partial charge in [-0.3, -0.25) is 0 Å². The van der Waals surface area contributed by atoms with Crippen molar-refractivity contribution in [2.24, 2.45) is 5.92 Å². The van der Waals surface area contributed by atoms with Gasteiger partial charge < -0.3 is 10.6 Å². The first-order chi connectivity index (χ1) is 7.20. The lowest BCUT2D eigenvalue weighted by Crippen LogP contribution is -2.27. The van der Waals surface area contributed by atoms with Gasteiger partial charge in [-0.1, -0.05) is 0 Å². The van der Waals surface area contributed by atoms with E-state index in [1.54, 1.807) is 0 Å². The van der Waals surface area contributed by atoms with Crippen molar-refractivity contribution in [2.75, 3.05) is 23.7 Å². The molecule has 1 heterocycles. The van der Waals surface area contributed by atoms with E-state index < -0.39 is 0 Å². The third-order valence-corrected chi connectivity index (χ3v) is 2.89. The predicted octanol–water partition coefficient (Wildman–Crippen LogP) is 2.21. The van der Waals surface area contributed by atoms with Crippen LogP contribution in [0.1, 0.15) is 25.3 Å². The minimum absolute atomic E-state index is 0.803. The van der Waals surface area contributed by atoms with E-state index >= 15 is 0 Å². The Hall–Kier alpha value is -1.25. The highest BCUT2D eigenvalue weighted by molar-refractivity contribution is 5.63. The van der Waals surface area contributed by atoms with E-state index in [-0.39, 0.29) is 0 Å². The highest BCUT2D eigenvalue weighted by atomic mass is 15.2. The Morgan fingerprint density at radius 3 is 2.80 bits per heavy atom. The number of pyridine rings is 1. The molecule has 0 saturated heterocycles. The summed E-state index contributed by atoms with van der Waals surface area (Å²) in [6, 6.07) is 2.00. The summed E-state index contributed by atoms with van der Waals surface area (Å²) in [4.78, 5) is 6.71. The highest BCUT2D eigenvalue weighted by Crippen LogP contribution is 2.32. The smallest absolute Gasteiger partial charge is 0.151 e. The molecule has 0 radical (unpaired) electrons. The van der Waals surface area contributed by atoms with Gasteiger partial charge in [-0.05, 0) is 44.2 Å². The topological polar surface area (TPSA) is 42.2 Å². The van der Waals surface area contributed by atoms with Gasteiger partial charge in [-0.25, -0.2) is 4.98 Å². The van der Waals surface area contributed by atoms with Crippen molar-refractivity contribution in [3.05, 3.63) is 17.8 Å². The van der Waals surface area contributed by atoms with Crippen molar-refractivity contribution in [1.82, 2.24) is 4.98 Å². The Kier molecular flexibility index (Phi) is 2.80. The Labute approximate surface area is 91.3 Å². The predicted molar refractivity (Wildman–Crippen MR) is 64.0 cm³/mol. The molecule has 0 atom stereocenters. The number of nitrogen functional groups attached to an aromatic ring is 1. The summed E-state index contributed by atoms with van der Waals surface area (Å²) in [7, 11) is 0. The van der Waals surface area contributed by atoms with E-state index in [0.717, 1.165) is 36.1 Å². The summed E-state index contributed by atoms with van der Waals surface area (Å²) in [6.45, 7) is 6.27. The minimum Gasteiger partial charge on any atom is -0.396 e. The van der Waals surface area contributed by atoms with Gasteiger partial charge in [0.25, 0.3) is 0 Å². The molecule has 1 aliphatic rings. The summed E-state index contributed by atoms with van der Waals surface area (Å²) >= 11 is 0.